The van der Waals surface area contributed by atoms with Gasteiger partial charge in [-0.3, -0.25) is 4.79 Å². The van der Waals surface area contributed by atoms with Crippen LogP contribution in [0.25, 0.3) is 0 Å². The standard InChI is InChI=1S/C15H14N2O5S/c18-14(11-16-15(19)12-7-3-1-4-8-12)22-17-23(20,21)13-9-5-2-6-10-13/h1-10,17H,11H2,(H,16,19). The molecule has 2 rings (SSSR count). The van der Waals surface area contributed by atoms with Gasteiger partial charge in [0.25, 0.3) is 15.9 Å². The Bertz CT molecular complexity index is 776. The SMILES string of the molecule is O=C(CNC(=O)c1ccccc1)ONS(=O)(=O)c1ccccc1. The van der Waals surface area contributed by atoms with Crippen molar-refractivity contribution in [2.24, 2.45) is 0 Å². The molecule has 0 atom stereocenters. The van der Waals surface area contributed by atoms with Crippen LogP contribution in [0.4, 0.5) is 0 Å². The van der Waals surface area contributed by atoms with Gasteiger partial charge in [-0.1, -0.05) is 36.4 Å². The van der Waals surface area contributed by atoms with Crippen molar-refractivity contribution in [2.75, 3.05) is 6.54 Å². The van der Waals surface area contributed by atoms with E-state index in [2.05, 4.69) is 10.2 Å². The van der Waals surface area contributed by atoms with Gasteiger partial charge in [0.1, 0.15) is 6.54 Å². The zero-order chi connectivity index (χ0) is 16.7. The lowest BCUT2D eigenvalue weighted by Crippen LogP contribution is -2.35. The summed E-state index contributed by atoms with van der Waals surface area (Å²) in [7, 11) is -3.95. The lowest BCUT2D eigenvalue weighted by Gasteiger charge is -2.08. The van der Waals surface area contributed by atoms with Crippen LogP contribution < -0.4 is 10.2 Å². The number of benzene rings is 2. The Morgan fingerprint density at radius 2 is 1.48 bits per heavy atom. The number of amides is 1. The number of carbonyl (C=O) groups excluding carboxylic acids is 2. The summed E-state index contributed by atoms with van der Waals surface area (Å²) in [6.45, 7) is -0.467. The van der Waals surface area contributed by atoms with E-state index < -0.39 is 28.4 Å². The number of hydrogen-bond donors (Lipinski definition) is 2. The molecular weight excluding hydrogens is 320 g/mol. The molecule has 0 aliphatic heterocycles. The van der Waals surface area contributed by atoms with Gasteiger partial charge in [-0.15, -0.1) is 0 Å². The predicted octanol–water partition coefficient (Wildman–Crippen LogP) is 0.853. The Labute approximate surface area is 133 Å². The Hall–Kier alpha value is -2.71. The number of nitrogens with one attached hydrogen (secondary N) is 2. The van der Waals surface area contributed by atoms with Gasteiger partial charge in [0.2, 0.25) is 0 Å². The van der Waals surface area contributed by atoms with Gasteiger partial charge < -0.3 is 10.2 Å². The first kappa shape index (κ1) is 16.7. The van der Waals surface area contributed by atoms with Crippen LogP contribution in [0.15, 0.2) is 65.6 Å². The summed E-state index contributed by atoms with van der Waals surface area (Å²) in [5, 5.41) is 2.33. The van der Waals surface area contributed by atoms with Crippen LogP contribution in [-0.2, 0) is 19.7 Å². The van der Waals surface area contributed by atoms with E-state index in [0.717, 1.165) is 0 Å². The third kappa shape index (κ3) is 4.90. The molecule has 0 aliphatic carbocycles. The molecule has 8 heteroatoms. The third-order valence-electron chi connectivity index (χ3n) is 2.75. The molecule has 0 saturated heterocycles. The molecule has 2 N–H and O–H groups in total. The van der Waals surface area contributed by atoms with Gasteiger partial charge in [0.15, 0.2) is 0 Å². The molecule has 2 aromatic carbocycles. The van der Waals surface area contributed by atoms with Crippen molar-refractivity contribution < 1.29 is 22.8 Å². The van der Waals surface area contributed by atoms with Crippen LogP contribution in [-0.4, -0.2) is 26.8 Å². The highest BCUT2D eigenvalue weighted by molar-refractivity contribution is 7.89. The maximum Gasteiger partial charge on any atom is 0.345 e. The van der Waals surface area contributed by atoms with Gasteiger partial charge in [0.05, 0.1) is 4.90 Å². The van der Waals surface area contributed by atoms with Crippen LogP contribution >= 0.6 is 0 Å². The zero-order valence-electron chi connectivity index (χ0n) is 11.9. The summed E-state index contributed by atoms with van der Waals surface area (Å²) in [6, 6.07) is 15.7. The van der Waals surface area contributed by atoms with Crippen LogP contribution in [0.1, 0.15) is 10.4 Å². The minimum Gasteiger partial charge on any atom is -0.354 e. The highest BCUT2D eigenvalue weighted by Gasteiger charge is 2.16. The molecule has 0 heterocycles. The quantitative estimate of drug-likeness (QED) is 0.763. The summed E-state index contributed by atoms with van der Waals surface area (Å²) in [5.41, 5.74) is 0.380. The third-order valence-corrected chi connectivity index (χ3v) is 3.94. The van der Waals surface area contributed by atoms with E-state index >= 15 is 0 Å². The second kappa shape index (κ2) is 7.52. The number of carbonyl (C=O) groups is 2. The first-order chi connectivity index (χ1) is 11.0. The van der Waals surface area contributed by atoms with Crippen molar-refractivity contribution in [3.63, 3.8) is 0 Å². The fourth-order valence-corrected chi connectivity index (χ4v) is 2.44. The fraction of sp³-hybridized carbons (Fsp3) is 0.0667. The number of sulfonamides is 1. The molecule has 0 saturated carbocycles. The largest absolute Gasteiger partial charge is 0.354 e. The van der Waals surface area contributed by atoms with Crippen molar-refractivity contribution in [2.45, 2.75) is 4.90 Å². The molecule has 0 spiro atoms. The molecular formula is C15H14N2O5S. The van der Waals surface area contributed by atoms with E-state index in [1.165, 1.54) is 24.3 Å². The van der Waals surface area contributed by atoms with Crippen molar-refractivity contribution in [1.82, 2.24) is 10.2 Å². The van der Waals surface area contributed by atoms with Crippen molar-refractivity contribution in [1.29, 1.82) is 0 Å². The van der Waals surface area contributed by atoms with Crippen molar-refractivity contribution in [3.8, 4) is 0 Å². The first-order valence-electron chi connectivity index (χ1n) is 6.59. The van der Waals surface area contributed by atoms with Gasteiger partial charge in [-0.25, -0.2) is 13.2 Å². The van der Waals surface area contributed by atoms with Gasteiger partial charge >= 0.3 is 5.97 Å². The Balaban J connectivity index is 1.83. The lowest BCUT2D eigenvalue weighted by atomic mass is 10.2. The summed E-state index contributed by atoms with van der Waals surface area (Å²) >= 11 is 0. The van der Waals surface area contributed by atoms with Crippen LogP contribution in [0, 0.1) is 0 Å². The maximum atomic E-state index is 11.8. The monoisotopic (exact) mass is 334 g/mol. The highest BCUT2D eigenvalue weighted by Crippen LogP contribution is 2.06. The fourth-order valence-electron chi connectivity index (χ4n) is 1.63. The van der Waals surface area contributed by atoms with Crippen LogP contribution in [0.3, 0.4) is 0 Å². The smallest absolute Gasteiger partial charge is 0.345 e. The molecule has 0 unspecified atom stereocenters. The summed E-state index contributed by atoms with van der Waals surface area (Å²) in [6.07, 6.45) is 0. The second-order valence-electron chi connectivity index (χ2n) is 4.42. The molecule has 7 nitrogen and oxygen atoms in total. The number of rotatable bonds is 6. The number of hydrogen-bond acceptors (Lipinski definition) is 5. The van der Waals surface area contributed by atoms with Crippen LogP contribution in [0.5, 0.6) is 0 Å². The summed E-state index contributed by atoms with van der Waals surface area (Å²) < 4.78 is 23.6. The minimum absolute atomic E-state index is 0.0406. The predicted molar refractivity (Wildman–Crippen MR) is 81.6 cm³/mol. The summed E-state index contributed by atoms with van der Waals surface area (Å²) in [5.74, 6) is -1.40. The average Bonchev–Trinajstić information content (AvgIpc) is 2.59. The zero-order valence-corrected chi connectivity index (χ0v) is 12.7. The van der Waals surface area contributed by atoms with Gasteiger partial charge in [0, 0.05) is 5.56 Å². The normalized spacial score (nSPS) is 10.8. The van der Waals surface area contributed by atoms with E-state index in [9.17, 15) is 18.0 Å². The molecule has 0 aromatic heterocycles. The second-order valence-corrected chi connectivity index (χ2v) is 6.07. The van der Waals surface area contributed by atoms with E-state index in [0.29, 0.717) is 5.56 Å². The van der Waals surface area contributed by atoms with E-state index in [-0.39, 0.29) is 4.90 Å². The molecule has 0 bridgehead atoms. The molecule has 1 amide bonds. The molecule has 2 aromatic rings. The van der Waals surface area contributed by atoms with E-state index in [1.54, 1.807) is 41.3 Å². The van der Waals surface area contributed by atoms with E-state index in [1.807, 2.05) is 0 Å². The van der Waals surface area contributed by atoms with Gasteiger partial charge in [-0.05, 0) is 29.2 Å². The highest BCUT2D eigenvalue weighted by atomic mass is 32.2. The van der Waals surface area contributed by atoms with E-state index in [4.69, 9.17) is 0 Å². The lowest BCUT2D eigenvalue weighted by molar-refractivity contribution is -0.145. The van der Waals surface area contributed by atoms with Crippen molar-refractivity contribution >= 4 is 21.9 Å². The Kier molecular flexibility index (Phi) is 5.45. The van der Waals surface area contributed by atoms with Crippen LogP contribution in [0.2, 0.25) is 0 Å². The Morgan fingerprint density at radius 1 is 0.913 bits per heavy atom. The molecule has 0 aliphatic rings. The topological polar surface area (TPSA) is 102 Å². The van der Waals surface area contributed by atoms with Gasteiger partial charge in [-0.2, -0.15) is 0 Å². The first-order valence-corrected chi connectivity index (χ1v) is 8.07. The minimum atomic E-state index is -3.95. The summed E-state index contributed by atoms with van der Waals surface area (Å²) in [4.78, 5) is 29.3. The Morgan fingerprint density at radius 3 is 2.09 bits per heavy atom. The maximum absolute atomic E-state index is 11.8. The van der Waals surface area contributed by atoms with Crippen molar-refractivity contribution in [3.05, 3.63) is 66.2 Å². The molecule has 0 radical (unpaired) electrons. The molecule has 120 valence electrons. The molecule has 0 fully saturated rings. The molecule has 23 heavy (non-hydrogen) atoms. The average molecular weight is 334 g/mol.